The van der Waals surface area contributed by atoms with Gasteiger partial charge in [0.1, 0.15) is 0 Å². The minimum atomic E-state index is -0.325. The van der Waals surface area contributed by atoms with E-state index in [-0.39, 0.29) is 17.1 Å². The summed E-state index contributed by atoms with van der Waals surface area (Å²) in [7, 11) is 0. The normalized spacial score (nSPS) is 16.0. The number of carbonyl (C=O) groups is 2. The molecule has 0 N–H and O–H groups in total. The number of carbonyl (C=O) groups excluding carboxylic acids is 2. The fraction of sp³-hybridized carbons (Fsp3) is 0.455. The molecule has 138 valence electrons. The smallest absolute Gasteiger partial charge is 0.228 e. The zero-order valence-corrected chi connectivity index (χ0v) is 16.0. The minimum Gasteiger partial charge on any atom is -0.340 e. The van der Waals surface area contributed by atoms with Crippen LogP contribution in [0.3, 0.4) is 0 Å². The first-order valence-electron chi connectivity index (χ1n) is 9.38. The third-order valence-electron chi connectivity index (χ3n) is 5.03. The second-order valence-corrected chi connectivity index (χ2v) is 8.12. The molecule has 4 nitrogen and oxygen atoms in total. The number of hydrogen-bond acceptors (Lipinski definition) is 3. The molecule has 0 saturated carbocycles. The van der Waals surface area contributed by atoms with Crippen LogP contribution in [0.1, 0.15) is 37.6 Å². The fourth-order valence-corrected chi connectivity index (χ4v) is 3.42. The van der Waals surface area contributed by atoms with Crippen molar-refractivity contribution in [2.24, 2.45) is 5.41 Å². The summed E-state index contributed by atoms with van der Waals surface area (Å²) in [5.74, 6) is 0.397. The molecular weight excluding hydrogens is 324 g/mol. The van der Waals surface area contributed by atoms with Gasteiger partial charge in [-0.3, -0.25) is 14.5 Å². The van der Waals surface area contributed by atoms with E-state index in [2.05, 4.69) is 11.0 Å². The topological polar surface area (TPSA) is 40.6 Å². The van der Waals surface area contributed by atoms with Crippen LogP contribution in [0.15, 0.2) is 42.5 Å². The molecule has 4 heteroatoms. The van der Waals surface area contributed by atoms with Crippen molar-refractivity contribution in [3.63, 3.8) is 0 Å². The van der Waals surface area contributed by atoms with E-state index in [4.69, 9.17) is 0 Å². The number of ketones is 1. The maximum Gasteiger partial charge on any atom is 0.228 e. The Morgan fingerprint density at radius 1 is 0.923 bits per heavy atom. The Kier molecular flexibility index (Phi) is 5.42. The molecule has 0 spiro atoms. The Labute approximate surface area is 155 Å². The molecule has 0 radical (unpaired) electrons. The van der Waals surface area contributed by atoms with Crippen LogP contribution in [0.5, 0.6) is 0 Å². The average Bonchev–Trinajstić information content (AvgIpc) is 2.64. The number of fused-ring (bicyclic) bond motifs is 1. The number of hydrogen-bond donors (Lipinski definition) is 0. The second kappa shape index (κ2) is 7.58. The lowest BCUT2D eigenvalue weighted by molar-refractivity contribution is -0.141. The molecule has 2 aromatic carbocycles. The van der Waals surface area contributed by atoms with E-state index < -0.39 is 0 Å². The molecule has 0 aromatic heterocycles. The summed E-state index contributed by atoms with van der Waals surface area (Å²) in [4.78, 5) is 29.1. The molecule has 1 saturated heterocycles. The molecule has 1 aliphatic heterocycles. The lowest BCUT2D eigenvalue weighted by Crippen LogP contribution is -2.51. The van der Waals surface area contributed by atoms with E-state index in [1.165, 1.54) is 0 Å². The SMILES string of the molecule is CC(C)(C)C(=O)N1CCN(CCC(=O)c2ccc3ccccc3c2)CC1. The van der Waals surface area contributed by atoms with Crippen LogP contribution in [0.4, 0.5) is 0 Å². The van der Waals surface area contributed by atoms with Crippen LogP contribution in [0, 0.1) is 5.41 Å². The quantitative estimate of drug-likeness (QED) is 0.790. The maximum atomic E-state index is 12.5. The highest BCUT2D eigenvalue weighted by atomic mass is 16.2. The summed E-state index contributed by atoms with van der Waals surface area (Å²) in [5, 5.41) is 2.26. The Hall–Kier alpha value is -2.20. The van der Waals surface area contributed by atoms with Gasteiger partial charge < -0.3 is 4.90 Å². The summed E-state index contributed by atoms with van der Waals surface area (Å²) < 4.78 is 0. The monoisotopic (exact) mass is 352 g/mol. The van der Waals surface area contributed by atoms with Crippen LogP contribution in [-0.4, -0.2) is 54.2 Å². The summed E-state index contributed by atoms with van der Waals surface area (Å²) in [5.41, 5.74) is 0.457. The first kappa shape index (κ1) is 18.6. The van der Waals surface area contributed by atoms with Crippen molar-refractivity contribution in [1.29, 1.82) is 0 Å². The highest BCUT2D eigenvalue weighted by molar-refractivity contribution is 6.00. The summed E-state index contributed by atoms with van der Waals surface area (Å²) in [6, 6.07) is 14.0. The standard InChI is InChI=1S/C22H28N2O2/c1-22(2,3)21(26)24-14-12-23(13-15-24)11-10-20(25)19-9-8-17-6-4-5-7-18(17)16-19/h4-9,16H,10-15H2,1-3H3. The van der Waals surface area contributed by atoms with Crippen molar-refractivity contribution < 1.29 is 9.59 Å². The summed E-state index contributed by atoms with van der Waals surface area (Å²) >= 11 is 0. The van der Waals surface area contributed by atoms with Gasteiger partial charge in [-0.1, -0.05) is 57.2 Å². The number of amides is 1. The van der Waals surface area contributed by atoms with E-state index in [1.807, 2.05) is 62.1 Å². The van der Waals surface area contributed by atoms with Crippen molar-refractivity contribution in [2.45, 2.75) is 27.2 Å². The van der Waals surface area contributed by atoms with E-state index >= 15 is 0 Å². The predicted octanol–water partition coefficient (Wildman–Crippen LogP) is 3.60. The van der Waals surface area contributed by atoms with Crippen molar-refractivity contribution in [2.75, 3.05) is 32.7 Å². The lowest BCUT2D eigenvalue weighted by atomic mass is 9.94. The molecule has 0 unspecified atom stereocenters. The number of benzene rings is 2. The van der Waals surface area contributed by atoms with E-state index in [9.17, 15) is 9.59 Å². The molecule has 3 rings (SSSR count). The Morgan fingerprint density at radius 3 is 2.23 bits per heavy atom. The predicted molar refractivity (Wildman–Crippen MR) is 105 cm³/mol. The first-order valence-corrected chi connectivity index (χ1v) is 9.38. The van der Waals surface area contributed by atoms with Crippen LogP contribution < -0.4 is 0 Å². The second-order valence-electron chi connectivity index (χ2n) is 8.12. The van der Waals surface area contributed by atoms with E-state index in [1.54, 1.807) is 0 Å². The molecule has 1 amide bonds. The Morgan fingerprint density at radius 2 is 1.58 bits per heavy atom. The average molecular weight is 352 g/mol. The summed E-state index contributed by atoms with van der Waals surface area (Å²) in [6.07, 6.45) is 0.519. The van der Waals surface area contributed by atoms with Crippen molar-refractivity contribution >= 4 is 22.5 Å². The van der Waals surface area contributed by atoms with Crippen LogP contribution >= 0.6 is 0 Å². The van der Waals surface area contributed by atoms with Gasteiger partial charge in [0.2, 0.25) is 5.91 Å². The molecule has 26 heavy (non-hydrogen) atoms. The highest BCUT2D eigenvalue weighted by Gasteiger charge is 2.29. The maximum absolute atomic E-state index is 12.5. The summed E-state index contributed by atoms with van der Waals surface area (Å²) in [6.45, 7) is 9.82. The number of nitrogens with zero attached hydrogens (tertiary/aromatic N) is 2. The first-order chi connectivity index (χ1) is 12.3. The zero-order valence-electron chi connectivity index (χ0n) is 16.0. The van der Waals surface area contributed by atoms with Crippen molar-refractivity contribution in [1.82, 2.24) is 9.80 Å². The number of rotatable bonds is 4. The van der Waals surface area contributed by atoms with Gasteiger partial charge in [-0.05, 0) is 16.8 Å². The number of piperazine rings is 1. The van der Waals surface area contributed by atoms with Gasteiger partial charge in [-0.2, -0.15) is 0 Å². The highest BCUT2D eigenvalue weighted by Crippen LogP contribution is 2.19. The van der Waals surface area contributed by atoms with E-state index in [0.717, 1.165) is 49.1 Å². The Balaban J connectivity index is 1.51. The fourth-order valence-electron chi connectivity index (χ4n) is 3.42. The molecule has 1 fully saturated rings. The van der Waals surface area contributed by atoms with Crippen molar-refractivity contribution in [3.05, 3.63) is 48.0 Å². The van der Waals surface area contributed by atoms with Crippen LogP contribution in [0.25, 0.3) is 10.8 Å². The molecule has 0 atom stereocenters. The molecule has 2 aromatic rings. The van der Waals surface area contributed by atoms with Gasteiger partial charge >= 0.3 is 0 Å². The van der Waals surface area contributed by atoms with Gasteiger partial charge in [-0.25, -0.2) is 0 Å². The Bertz CT molecular complexity index is 799. The van der Waals surface area contributed by atoms with Gasteiger partial charge in [0.15, 0.2) is 5.78 Å². The van der Waals surface area contributed by atoms with Gasteiger partial charge in [0, 0.05) is 50.1 Å². The molecule has 0 bridgehead atoms. The largest absolute Gasteiger partial charge is 0.340 e. The van der Waals surface area contributed by atoms with Crippen LogP contribution in [-0.2, 0) is 4.79 Å². The molecule has 1 heterocycles. The number of Topliss-reactive ketones (excluding diaryl/α,β-unsaturated/α-hetero) is 1. The van der Waals surface area contributed by atoms with Gasteiger partial charge in [0.25, 0.3) is 0 Å². The third-order valence-corrected chi connectivity index (χ3v) is 5.03. The minimum absolute atomic E-state index is 0.184. The molecule has 0 aliphatic carbocycles. The van der Waals surface area contributed by atoms with Gasteiger partial charge in [0.05, 0.1) is 0 Å². The molecule has 1 aliphatic rings. The zero-order chi connectivity index (χ0) is 18.7. The van der Waals surface area contributed by atoms with Crippen LogP contribution in [0.2, 0.25) is 0 Å². The lowest BCUT2D eigenvalue weighted by Gasteiger charge is -2.37. The molecular formula is C22H28N2O2. The van der Waals surface area contributed by atoms with E-state index in [0.29, 0.717) is 6.42 Å². The van der Waals surface area contributed by atoms with Crippen molar-refractivity contribution in [3.8, 4) is 0 Å². The third kappa shape index (κ3) is 4.31. The van der Waals surface area contributed by atoms with Gasteiger partial charge in [-0.15, -0.1) is 0 Å².